The summed E-state index contributed by atoms with van der Waals surface area (Å²) in [5.74, 6) is -0.248. The Balaban J connectivity index is 2.24. The minimum atomic E-state index is -0.667. The molecule has 31 heavy (non-hydrogen) atoms. The van der Waals surface area contributed by atoms with Gasteiger partial charge in [0.1, 0.15) is 17.6 Å². The number of ether oxygens (including phenoxy) is 1. The molecule has 6 heteroatoms. The highest BCUT2D eigenvalue weighted by atomic mass is 19.1. The molecule has 2 aromatic carbocycles. The van der Waals surface area contributed by atoms with Crippen molar-refractivity contribution in [2.45, 2.75) is 66.1 Å². The van der Waals surface area contributed by atoms with Gasteiger partial charge in [0.15, 0.2) is 6.61 Å². The van der Waals surface area contributed by atoms with E-state index in [0.717, 1.165) is 16.7 Å². The molecule has 1 atom stereocenters. The molecule has 168 valence electrons. The molecule has 0 saturated carbocycles. The number of benzene rings is 2. The van der Waals surface area contributed by atoms with Gasteiger partial charge in [-0.2, -0.15) is 0 Å². The minimum Gasteiger partial charge on any atom is -0.483 e. The summed E-state index contributed by atoms with van der Waals surface area (Å²) in [5, 5.41) is 2.96. The van der Waals surface area contributed by atoms with Gasteiger partial charge in [-0.05, 0) is 70.4 Å². The Hall–Kier alpha value is -2.89. The van der Waals surface area contributed by atoms with E-state index < -0.39 is 11.6 Å². The van der Waals surface area contributed by atoms with Crippen LogP contribution in [0.4, 0.5) is 4.39 Å². The number of rotatable bonds is 8. The first-order valence-electron chi connectivity index (χ1n) is 10.6. The predicted octanol–water partition coefficient (Wildman–Crippen LogP) is 4.54. The van der Waals surface area contributed by atoms with E-state index in [1.165, 1.54) is 17.0 Å². The van der Waals surface area contributed by atoms with Crippen LogP contribution in [0, 0.1) is 19.7 Å². The van der Waals surface area contributed by atoms with Gasteiger partial charge in [-0.3, -0.25) is 9.59 Å². The first-order chi connectivity index (χ1) is 14.5. The quantitative estimate of drug-likeness (QED) is 0.671. The summed E-state index contributed by atoms with van der Waals surface area (Å²) in [6.45, 7) is 11.5. The number of nitrogens with one attached hydrogen (secondary N) is 1. The van der Waals surface area contributed by atoms with Crippen molar-refractivity contribution in [2.24, 2.45) is 0 Å². The third-order valence-electron chi connectivity index (χ3n) is 4.83. The smallest absolute Gasteiger partial charge is 0.261 e. The molecule has 1 unspecified atom stereocenters. The number of halogens is 1. The van der Waals surface area contributed by atoms with Gasteiger partial charge in [0, 0.05) is 12.1 Å². The zero-order valence-corrected chi connectivity index (χ0v) is 19.3. The van der Waals surface area contributed by atoms with E-state index in [-0.39, 0.29) is 30.8 Å². The normalized spacial score (nSPS) is 12.2. The van der Waals surface area contributed by atoms with E-state index in [9.17, 15) is 14.0 Å². The van der Waals surface area contributed by atoms with Crippen molar-refractivity contribution >= 4 is 11.8 Å². The molecule has 0 aliphatic heterocycles. The fraction of sp³-hybridized carbons (Fsp3) is 0.440. The van der Waals surface area contributed by atoms with Crippen LogP contribution < -0.4 is 10.1 Å². The fourth-order valence-electron chi connectivity index (χ4n) is 3.34. The third-order valence-corrected chi connectivity index (χ3v) is 4.83. The molecule has 0 aromatic heterocycles. The Morgan fingerprint density at radius 2 is 1.74 bits per heavy atom. The van der Waals surface area contributed by atoms with Gasteiger partial charge in [-0.25, -0.2) is 4.39 Å². The maximum Gasteiger partial charge on any atom is 0.261 e. The van der Waals surface area contributed by atoms with Crippen LogP contribution in [0.2, 0.25) is 0 Å². The van der Waals surface area contributed by atoms with Crippen molar-refractivity contribution in [3.8, 4) is 5.75 Å². The van der Waals surface area contributed by atoms with Crippen molar-refractivity contribution in [1.29, 1.82) is 0 Å². The zero-order valence-electron chi connectivity index (χ0n) is 19.3. The predicted molar refractivity (Wildman–Crippen MR) is 120 cm³/mol. The lowest BCUT2D eigenvalue weighted by molar-refractivity contribution is -0.143. The van der Waals surface area contributed by atoms with Gasteiger partial charge in [-0.1, -0.05) is 36.8 Å². The van der Waals surface area contributed by atoms with Gasteiger partial charge >= 0.3 is 0 Å². The number of hydrogen-bond acceptors (Lipinski definition) is 3. The van der Waals surface area contributed by atoms with Crippen molar-refractivity contribution in [1.82, 2.24) is 10.2 Å². The number of hydrogen-bond donors (Lipinski definition) is 1. The molecule has 2 rings (SSSR count). The highest BCUT2D eigenvalue weighted by Gasteiger charge is 2.31. The van der Waals surface area contributed by atoms with E-state index in [0.29, 0.717) is 12.2 Å². The summed E-state index contributed by atoms with van der Waals surface area (Å²) in [6, 6.07) is 11.0. The number of nitrogens with zero attached hydrogens (tertiary/aromatic N) is 1. The van der Waals surface area contributed by atoms with Crippen LogP contribution in [-0.2, 0) is 16.1 Å². The van der Waals surface area contributed by atoms with Crippen molar-refractivity contribution in [2.75, 3.05) is 6.61 Å². The average molecular weight is 429 g/mol. The van der Waals surface area contributed by atoms with Crippen LogP contribution in [-0.4, -0.2) is 34.9 Å². The summed E-state index contributed by atoms with van der Waals surface area (Å²) in [6.07, 6.45) is 0.443. The summed E-state index contributed by atoms with van der Waals surface area (Å²) in [7, 11) is 0. The standard InChI is InChI=1S/C25H33FN2O3/c1-7-21(24(30)27-25(4,5)6)28(15-19-9-11-20(26)12-10-19)23(29)16-31-22-13-8-17(2)14-18(22)3/h8-14,21H,7,15-16H2,1-6H3,(H,27,30). The molecule has 2 aromatic rings. The van der Waals surface area contributed by atoms with Crippen molar-refractivity contribution in [3.63, 3.8) is 0 Å². The highest BCUT2D eigenvalue weighted by molar-refractivity contribution is 5.88. The average Bonchev–Trinajstić information content (AvgIpc) is 2.67. The second kappa shape index (κ2) is 10.4. The number of aryl methyl sites for hydroxylation is 2. The molecule has 0 fully saturated rings. The highest BCUT2D eigenvalue weighted by Crippen LogP contribution is 2.20. The van der Waals surface area contributed by atoms with Gasteiger partial charge in [-0.15, -0.1) is 0 Å². The molecule has 0 aliphatic rings. The zero-order chi connectivity index (χ0) is 23.2. The Morgan fingerprint density at radius 3 is 2.29 bits per heavy atom. The molecule has 0 heterocycles. The SMILES string of the molecule is CCC(C(=O)NC(C)(C)C)N(Cc1ccc(F)cc1)C(=O)COc1ccc(C)cc1C. The van der Waals surface area contributed by atoms with E-state index in [4.69, 9.17) is 4.74 Å². The first-order valence-corrected chi connectivity index (χ1v) is 10.6. The molecule has 0 aliphatic carbocycles. The Kier molecular flexibility index (Phi) is 8.20. The lowest BCUT2D eigenvalue weighted by atomic mass is 10.1. The summed E-state index contributed by atoms with van der Waals surface area (Å²) in [5.41, 5.74) is 2.36. The van der Waals surface area contributed by atoms with E-state index in [1.54, 1.807) is 12.1 Å². The molecule has 2 amide bonds. The Morgan fingerprint density at radius 1 is 1.10 bits per heavy atom. The largest absolute Gasteiger partial charge is 0.483 e. The van der Waals surface area contributed by atoms with Gasteiger partial charge < -0.3 is 15.0 Å². The van der Waals surface area contributed by atoms with E-state index in [2.05, 4.69) is 5.32 Å². The fourth-order valence-corrected chi connectivity index (χ4v) is 3.34. The van der Waals surface area contributed by atoms with Crippen molar-refractivity contribution in [3.05, 3.63) is 65.0 Å². The molecule has 5 nitrogen and oxygen atoms in total. The molecular weight excluding hydrogens is 395 g/mol. The summed E-state index contributed by atoms with van der Waals surface area (Å²) >= 11 is 0. The minimum absolute atomic E-state index is 0.186. The third kappa shape index (κ3) is 7.39. The molecule has 0 saturated heterocycles. The lowest BCUT2D eigenvalue weighted by Gasteiger charge is -2.33. The Bertz CT molecular complexity index is 904. The van der Waals surface area contributed by atoms with Crippen LogP contribution in [0.25, 0.3) is 0 Å². The summed E-state index contributed by atoms with van der Waals surface area (Å²) in [4.78, 5) is 27.6. The molecule has 1 N–H and O–H groups in total. The molecule has 0 bridgehead atoms. The molecular formula is C25H33FN2O3. The van der Waals surface area contributed by atoms with E-state index in [1.807, 2.05) is 59.7 Å². The number of amides is 2. The topological polar surface area (TPSA) is 58.6 Å². The first kappa shape index (κ1) is 24.4. The van der Waals surface area contributed by atoms with Crippen LogP contribution in [0.3, 0.4) is 0 Å². The maximum absolute atomic E-state index is 13.3. The maximum atomic E-state index is 13.3. The number of carbonyl (C=O) groups excluding carboxylic acids is 2. The monoisotopic (exact) mass is 428 g/mol. The second-order valence-corrected chi connectivity index (χ2v) is 8.87. The van der Waals surface area contributed by atoms with Gasteiger partial charge in [0.2, 0.25) is 5.91 Å². The Labute approximate surface area is 184 Å². The lowest BCUT2D eigenvalue weighted by Crippen LogP contribution is -2.54. The second-order valence-electron chi connectivity index (χ2n) is 8.87. The number of carbonyl (C=O) groups is 2. The van der Waals surface area contributed by atoms with Crippen LogP contribution in [0.15, 0.2) is 42.5 Å². The van der Waals surface area contributed by atoms with E-state index >= 15 is 0 Å². The van der Waals surface area contributed by atoms with Crippen LogP contribution in [0.5, 0.6) is 5.75 Å². The summed E-state index contributed by atoms with van der Waals surface area (Å²) < 4.78 is 19.1. The van der Waals surface area contributed by atoms with Gasteiger partial charge in [0.05, 0.1) is 0 Å². The van der Waals surface area contributed by atoms with Crippen molar-refractivity contribution < 1.29 is 18.7 Å². The van der Waals surface area contributed by atoms with Crippen LogP contribution in [0.1, 0.15) is 50.8 Å². The molecule has 0 spiro atoms. The molecule has 0 radical (unpaired) electrons. The van der Waals surface area contributed by atoms with Crippen LogP contribution >= 0.6 is 0 Å². The van der Waals surface area contributed by atoms with Gasteiger partial charge in [0.25, 0.3) is 5.91 Å².